The Morgan fingerprint density at radius 2 is 2.00 bits per heavy atom. The third-order valence-corrected chi connectivity index (χ3v) is 3.41. The maximum Gasteiger partial charge on any atom is 0.120 e. The molecule has 0 spiro atoms. The highest BCUT2D eigenvalue weighted by molar-refractivity contribution is 9.10. The van der Waals surface area contributed by atoms with Crippen LogP contribution in [0, 0.1) is 5.41 Å². The molecule has 0 aliphatic carbocycles. The Morgan fingerprint density at radius 1 is 1.38 bits per heavy atom. The quantitative estimate of drug-likeness (QED) is 0.700. The number of hydrogen-bond donors (Lipinski definition) is 0. The van der Waals surface area contributed by atoms with Crippen molar-refractivity contribution in [3.05, 3.63) is 28.2 Å². The monoisotopic (exact) mass is 304 g/mol. The van der Waals surface area contributed by atoms with Crippen molar-refractivity contribution in [2.24, 2.45) is 5.41 Å². The molecule has 1 rings (SSSR count). The first kappa shape index (κ1) is 13.9. The molecule has 0 heterocycles. The Bertz CT molecular complexity index is 357. The first-order valence-electron chi connectivity index (χ1n) is 5.31. The Kier molecular flexibility index (Phi) is 4.69. The second kappa shape index (κ2) is 5.42. The lowest BCUT2D eigenvalue weighted by molar-refractivity contribution is 0.372. The number of halogens is 2. The summed E-state index contributed by atoms with van der Waals surface area (Å²) in [6.45, 7) is 6.58. The van der Waals surface area contributed by atoms with Crippen molar-refractivity contribution < 1.29 is 4.74 Å². The van der Waals surface area contributed by atoms with Gasteiger partial charge in [0, 0.05) is 4.47 Å². The molecule has 0 fully saturated rings. The van der Waals surface area contributed by atoms with Gasteiger partial charge in [0.25, 0.3) is 0 Å². The van der Waals surface area contributed by atoms with Crippen LogP contribution in [0.15, 0.2) is 22.7 Å². The van der Waals surface area contributed by atoms with Crippen LogP contribution in [0.5, 0.6) is 5.75 Å². The smallest absolute Gasteiger partial charge is 0.120 e. The van der Waals surface area contributed by atoms with Gasteiger partial charge in [0.05, 0.1) is 12.5 Å². The van der Waals surface area contributed by atoms with Crippen LogP contribution in [0.1, 0.15) is 38.1 Å². The molecule has 0 saturated heterocycles. The van der Waals surface area contributed by atoms with E-state index in [2.05, 4.69) is 36.7 Å². The van der Waals surface area contributed by atoms with Crippen molar-refractivity contribution in [1.82, 2.24) is 0 Å². The average Bonchev–Trinajstić information content (AvgIpc) is 2.14. The van der Waals surface area contributed by atoms with Crippen LogP contribution in [0.25, 0.3) is 0 Å². The largest absolute Gasteiger partial charge is 0.497 e. The Morgan fingerprint density at radius 3 is 2.44 bits per heavy atom. The first-order valence-corrected chi connectivity index (χ1v) is 6.54. The topological polar surface area (TPSA) is 9.23 Å². The molecule has 0 N–H and O–H groups in total. The SMILES string of the molecule is COc1ccc(C(Cl)CC(C)(C)C)c(Br)c1. The minimum atomic E-state index is 0.0280. The molecular weight excluding hydrogens is 287 g/mol. The van der Waals surface area contributed by atoms with E-state index in [0.29, 0.717) is 0 Å². The summed E-state index contributed by atoms with van der Waals surface area (Å²) in [7, 11) is 1.66. The predicted octanol–water partition coefficient (Wildman–Crippen LogP) is 5.17. The van der Waals surface area contributed by atoms with E-state index < -0.39 is 0 Å². The lowest BCUT2D eigenvalue weighted by Gasteiger charge is -2.22. The molecule has 3 heteroatoms. The Balaban J connectivity index is 2.88. The fourth-order valence-electron chi connectivity index (χ4n) is 1.54. The van der Waals surface area contributed by atoms with Gasteiger partial charge in [0.1, 0.15) is 5.75 Å². The minimum absolute atomic E-state index is 0.0280. The highest BCUT2D eigenvalue weighted by atomic mass is 79.9. The Labute approximate surface area is 111 Å². The molecule has 0 radical (unpaired) electrons. The highest BCUT2D eigenvalue weighted by Gasteiger charge is 2.20. The fourth-order valence-corrected chi connectivity index (χ4v) is 2.96. The van der Waals surface area contributed by atoms with Crippen LogP contribution in [-0.4, -0.2) is 7.11 Å². The van der Waals surface area contributed by atoms with Crippen LogP contribution >= 0.6 is 27.5 Å². The van der Waals surface area contributed by atoms with E-state index >= 15 is 0 Å². The van der Waals surface area contributed by atoms with Gasteiger partial charge in [-0.25, -0.2) is 0 Å². The van der Waals surface area contributed by atoms with Gasteiger partial charge in [-0.05, 0) is 29.5 Å². The molecule has 90 valence electrons. The van der Waals surface area contributed by atoms with E-state index in [4.69, 9.17) is 16.3 Å². The summed E-state index contributed by atoms with van der Waals surface area (Å²) in [5, 5.41) is 0.0280. The van der Waals surface area contributed by atoms with Crippen LogP contribution in [0.2, 0.25) is 0 Å². The molecule has 0 saturated carbocycles. The number of rotatable bonds is 3. The number of methoxy groups -OCH3 is 1. The van der Waals surface area contributed by atoms with E-state index in [-0.39, 0.29) is 10.8 Å². The minimum Gasteiger partial charge on any atom is -0.497 e. The van der Waals surface area contributed by atoms with Crippen LogP contribution in [0.4, 0.5) is 0 Å². The van der Waals surface area contributed by atoms with Gasteiger partial charge in [-0.15, -0.1) is 11.6 Å². The van der Waals surface area contributed by atoms with Gasteiger partial charge in [-0.3, -0.25) is 0 Å². The normalized spacial score (nSPS) is 13.6. The van der Waals surface area contributed by atoms with Gasteiger partial charge in [0.2, 0.25) is 0 Å². The first-order chi connectivity index (χ1) is 7.33. The van der Waals surface area contributed by atoms with E-state index in [1.165, 1.54) is 0 Å². The summed E-state index contributed by atoms with van der Waals surface area (Å²) in [5.41, 5.74) is 1.35. The number of hydrogen-bond acceptors (Lipinski definition) is 1. The summed E-state index contributed by atoms with van der Waals surface area (Å²) in [5.74, 6) is 0.843. The van der Waals surface area contributed by atoms with E-state index in [1.54, 1.807) is 7.11 Å². The molecule has 1 atom stereocenters. The van der Waals surface area contributed by atoms with E-state index in [1.807, 2.05) is 18.2 Å². The molecule has 0 aliphatic rings. The molecule has 1 aromatic rings. The van der Waals surface area contributed by atoms with Crippen LogP contribution < -0.4 is 4.74 Å². The van der Waals surface area contributed by atoms with Crippen molar-refractivity contribution in [2.75, 3.05) is 7.11 Å². The average molecular weight is 306 g/mol. The lowest BCUT2D eigenvalue weighted by atomic mass is 9.88. The van der Waals surface area contributed by atoms with Crippen LogP contribution in [0.3, 0.4) is 0 Å². The van der Waals surface area contributed by atoms with Crippen molar-refractivity contribution >= 4 is 27.5 Å². The van der Waals surface area contributed by atoms with Gasteiger partial charge < -0.3 is 4.74 Å². The zero-order valence-corrected chi connectivity index (χ0v) is 12.5. The molecule has 0 aromatic heterocycles. The number of alkyl halides is 1. The molecule has 0 aliphatic heterocycles. The summed E-state index contributed by atoms with van der Waals surface area (Å²) in [6, 6.07) is 5.91. The lowest BCUT2D eigenvalue weighted by Crippen LogP contribution is -2.08. The summed E-state index contributed by atoms with van der Waals surface area (Å²) in [6.07, 6.45) is 0.944. The molecule has 0 bridgehead atoms. The van der Waals surface area contributed by atoms with Gasteiger partial charge in [0.15, 0.2) is 0 Å². The predicted molar refractivity (Wildman–Crippen MR) is 73.4 cm³/mol. The standard InChI is InChI=1S/C13H18BrClO/c1-13(2,3)8-12(15)10-6-5-9(16-4)7-11(10)14/h5-7,12H,8H2,1-4H3. The fraction of sp³-hybridized carbons (Fsp3) is 0.538. The molecular formula is C13H18BrClO. The molecule has 0 amide bonds. The van der Waals surface area contributed by atoms with Crippen molar-refractivity contribution in [2.45, 2.75) is 32.6 Å². The van der Waals surface area contributed by atoms with Crippen LogP contribution in [-0.2, 0) is 0 Å². The zero-order valence-electron chi connectivity index (χ0n) is 10.2. The third kappa shape index (κ3) is 3.99. The molecule has 16 heavy (non-hydrogen) atoms. The number of ether oxygens (including phenoxy) is 1. The van der Waals surface area contributed by atoms with E-state index in [9.17, 15) is 0 Å². The van der Waals surface area contributed by atoms with Crippen molar-refractivity contribution in [1.29, 1.82) is 0 Å². The van der Waals surface area contributed by atoms with Gasteiger partial charge in [-0.2, -0.15) is 0 Å². The van der Waals surface area contributed by atoms with Crippen molar-refractivity contribution in [3.8, 4) is 5.75 Å². The van der Waals surface area contributed by atoms with Gasteiger partial charge >= 0.3 is 0 Å². The highest BCUT2D eigenvalue weighted by Crippen LogP contribution is 2.38. The maximum atomic E-state index is 6.42. The summed E-state index contributed by atoms with van der Waals surface area (Å²) >= 11 is 9.95. The Hall–Kier alpha value is -0.210. The van der Waals surface area contributed by atoms with E-state index in [0.717, 1.165) is 22.2 Å². The number of benzene rings is 1. The summed E-state index contributed by atoms with van der Waals surface area (Å²) in [4.78, 5) is 0. The molecule has 1 unspecified atom stereocenters. The molecule has 1 nitrogen and oxygen atoms in total. The van der Waals surface area contributed by atoms with Crippen molar-refractivity contribution in [3.63, 3.8) is 0 Å². The molecule has 1 aromatic carbocycles. The van der Waals surface area contributed by atoms with Gasteiger partial charge in [-0.1, -0.05) is 42.8 Å². The second-order valence-corrected chi connectivity index (χ2v) is 6.50. The second-order valence-electron chi connectivity index (χ2n) is 5.12. The summed E-state index contributed by atoms with van der Waals surface area (Å²) < 4.78 is 6.17. The third-order valence-electron chi connectivity index (χ3n) is 2.34. The zero-order chi connectivity index (χ0) is 12.3. The maximum absolute atomic E-state index is 6.42.